The quantitative estimate of drug-likeness (QED) is 0.159. The Morgan fingerprint density at radius 2 is 1.63 bits per heavy atom. The summed E-state index contributed by atoms with van der Waals surface area (Å²) in [7, 11) is 0. The Hall–Kier alpha value is -5.39. The van der Waals surface area contributed by atoms with Gasteiger partial charge in [0.2, 0.25) is 0 Å². The van der Waals surface area contributed by atoms with E-state index in [0.717, 1.165) is 28.6 Å². The van der Waals surface area contributed by atoms with Gasteiger partial charge >= 0.3 is 18.1 Å². The van der Waals surface area contributed by atoms with Crippen molar-refractivity contribution in [1.29, 1.82) is 0 Å². The minimum atomic E-state index is -1.39. The number of carbonyl (C=O) groups excluding carboxylic acids is 3. The van der Waals surface area contributed by atoms with Crippen molar-refractivity contribution in [2.45, 2.75) is 39.1 Å². The van der Waals surface area contributed by atoms with Crippen molar-refractivity contribution >= 4 is 35.0 Å². The Morgan fingerprint density at radius 3 is 2.33 bits per heavy atom. The average Bonchev–Trinajstić information content (AvgIpc) is 3.43. The second-order valence-electron chi connectivity index (χ2n) is 9.79. The van der Waals surface area contributed by atoms with Crippen molar-refractivity contribution in [1.82, 2.24) is 30.8 Å². The van der Waals surface area contributed by atoms with E-state index in [1.165, 1.54) is 0 Å². The Balaban J connectivity index is 1.33. The van der Waals surface area contributed by atoms with E-state index in [9.17, 15) is 24.3 Å². The zero-order valence-corrected chi connectivity index (χ0v) is 23.7. The number of H-pyrrole nitrogens is 1. The first-order valence-electron chi connectivity index (χ1n) is 13.9. The van der Waals surface area contributed by atoms with E-state index in [4.69, 9.17) is 4.74 Å². The number of aromatic nitrogens is 2. The topological polar surface area (TPSA) is 166 Å². The number of urea groups is 1. The molecule has 1 aromatic heterocycles. The molecule has 5 N–H and O–H groups in total. The van der Waals surface area contributed by atoms with E-state index >= 15 is 0 Å². The van der Waals surface area contributed by atoms with Crippen LogP contribution in [0.15, 0.2) is 78.9 Å². The molecule has 0 aliphatic carbocycles. The number of aliphatic carboxylic acids is 1. The molecule has 4 amide bonds. The van der Waals surface area contributed by atoms with Gasteiger partial charge in [-0.15, -0.1) is 0 Å². The molecule has 0 unspecified atom stereocenters. The number of rotatable bonds is 13. The number of benzene rings is 3. The molecule has 12 nitrogen and oxygen atoms in total. The van der Waals surface area contributed by atoms with Crippen molar-refractivity contribution in [3.63, 3.8) is 0 Å². The molecule has 0 aliphatic rings. The third kappa shape index (κ3) is 9.05. The fourth-order valence-corrected chi connectivity index (χ4v) is 4.19. The zero-order valence-electron chi connectivity index (χ0n) is 23.7. The van der Waals surface area contributed by atoms with Gasteiger partial charge in [0.15, 0.2) is 0 Å². The van der Waals surface area contributed by atoms with Gasteiger partial charge in [-0.2, -0.15) is 0 Å². The van der Waals surface area contributed by atoms with Gasteiger partial charge in [-0.25, -0.2) is 19.4 Å². The number of hydrogen-bond acceptors (Lipinski definition) is 6. The molecule has 43 heavy (non-hydrogen) atoms. The van der Waals surface area contributed by atoms with Crippen LogP contribution < -0.4 is 16.0 Å². The summed E-state index contributed by atoms with van der Waals surface area (Å²) in [6.07, 6.45) is -0.119. The van der Waals surface area contributed by atoms with Gasteiger partial charge in [0.25, 0.3) is 5.91 Å². The summed E-state index contributed by atoms with van der Waals surface area (Å²) in [6, 6.07) is 21.6. The number of para-hydroxylation sites is 2. The third-order valence-corrected chi connectivity index (χ3v) is 6.45. The molecule has 1 heterocycles. The number of amides is 4. The van der Waals surface area contributed by atoms with Gasteiger partial charge < -0.3 is 35.7 Å². The Labute approximate surface area is 248 Å². The molecule has 0 saturated carbocycles. The van der Waals surface area contributed by atoms with E-state index in [1.54, 1.807) is 53.4 Å². The molecular weight excluding hydrogens is 552 g/mol. The van der Waals surface area contributed by atoms with Crippen molar-refractivity contribution < 1.29 is 29.0 Å². The Bertz CT molecular complexity index is 1510. The second-order valence-corrected chi connectivity index (χ2v) is 9.79. The predicted molar refractivity (Wildman–Crippen MR) is 159 cm³/mol. The van der Waals surface area contributed by atoms with E-state index < -0.39 is 24.0 Å². The van der Waals surface area contributed by atoms with Crippen LogP contribution in [-0.4, -0.2) is 63.1 Å². The van der Waals surface area contributed by atoms with Crippen LogP contribution in [0.5, 0.6) is 0 Å². The molecule has 0 aliphatic heterocycles. The van der Waals surface area contributed by atoms with Gasteiger partial charge in [0, 0.05) is 25.2 Å². The molecule has 12 heteroatoms. The van der Waals surface area contributed by atoms with Crippen LogP contribution in [0.4, 0.5) is 9.59 Å². The highest BCUT2D eigenvalue weighted by molar-refractivity contribution is 5.94. The highest BCUT2D eigenvalue weighted by Crippen LogP contribution is 2.15. The molecule has 224 valence electrons. The van der Waals surface area contributed by atoms with Crippen molar-refractivity contribution in [3.8, 4) is 0 Å². The SMILES string of the molecule is CCCNC(=O)N(Cc1ccc(C(=O)NC[C@H](NC(=O)OCc2ccccc2)C(=O)O)cc1)Cc1nc2ccccc2[nH]1. The van der Waals surface area contributed by atoms with Crippen LogP contribution in [0, 0.1) is 0 Å². The number of nitrogens with one attached hydrogen (secondary N) is 4. The number of imidazole rings is 1. The summed E-state index contributed by atoms with van der Waals surface area (Å²) in [6.45, 7) is 2.66. The maximum Gasteiger partial charge on any atom is 0.408 e. The highest BCUT2D eigenvalue weighted by atomic mass is 16.5. The molecule has 0 spiro atoms. The molecule has 0 radical (unpaired) electrons. The Morgan fingerprint density at radius 1 is 0.907 bits per heavy atom. The van der Waals surface area contributed by atoms with E-state index in [-0.39, 0.29) is 32.3 Å². The lowest BCUT2D eigenvalue weighted by atomic mass is 10.1. The fraction of sp³-hybridized carbons (Fsp3) is 0.258. The fourth-order valence-electron chi connectivity index (χ4n) is 4.19. The minimum Gasteiger partial charge on any atom is -0.480 e. The number of fused-ring (bicyclic) bond motifs is 1. The number of aromatic amines is 1. The Kier molecular flexibility index (Phi) is 10.7. The van der Waals surface area contributed by atoms with Gasteiger partial charge in [0.1, 0.15) is 18.5 Å². The van der Waals surface area contributed by atoms with Crippen LogP contribution in [0.1, 0.15) is 40.7 Å². The smallest absolute Gasteiger partial charge is 0.408 e. The number of carboxylic acids is 1. The molecule has 4 aromatic rings. The number of alkyl carbamates (subject to hydrolysis) is 1. The number of carbonyl (C=O) groups is 4. The van der Waals surface area contributed by atoms with Crippen LogP contribution in [0.3, 0.4) is 0 Å². The van der Waals surface area contributed by atoms with Crippen molar-refractivity contribution in [3.05, 3.63) is 101 Å². The minimum absolute atomic E-state index is 0.0202. The van der Waals surface area contributed by atoms with Gasteiger partial charge in [0.05, 0.1) is 17.6 Å². The molecule has 1 atom stereocenters. The van der Waals surface area contributed by atoms with Gasteiger partial charge in [-0.1, -0.05) is 61.5 Å². The number of carboxylic acid groups (broad SMARTS) is 1. The van der Waals surface area contributed by atoms with Crippen LogP contribution >= 0.6 is 0 Å². The molecule has 4 rings (SSSR count). The molecule has 0 saturated heterocycles. The van der Waals surface area contributed by atoms with Gasteiger partial charge in [-0.05, 0) is 41.8 Å². The average molecular weight is 587 g/mol. The number of hydrogen-bond donors (Lipinski definition) is 5. The summed E-state index contributed by atoms with van der Waals surface area (Å²) in [5, 5.41) is 17.2. The molecule has 3 aromatic carbocycles. The first kappa shape index (κ1) is 30.6. The molecular formula is C31H34N6O6. The third-order valence-electron chi connectivity index (χ3n) is 6.45. The molecule has 0 bridgehead atoms. The summed E-state index contributed by atoms with van der Waals surface area (Å²) in [5.74, 6) is -1.19. The normalized spacial score (nSPS) is 11.4. The van der Waals surface area contributed by atoms with E-state index in [0.29, 0.717) is 17.9 Å². The lowest BCUT2D eigenvalue weighted by Crippen LogP contribution is -2.48. The monoisotopic (exact) mass is 586 g/mol. The van der Waals surface area contributed by atoms with Crippen molar-refractivity contribution in [2.75, 3.05) is 13.1 Å². The molecule has 0 fully saturated rings. The lowest BCUT2D eigenvalue weighted by Gasteiger charge is -2.22. The maximum atomic E-state index is 12.9. The standard InChI is InChI=1S/C31H34N6O6/c1-2-16-32-30(41)37(19-27-34-24-10-6-7-11-25(24)35-27)18-21-12-14-23(15-13-21)28(38)33-17-26(29(39)40)36-31(42)43-20-22-8-4-3-5-9-22/h3-15,26H,2,16-20H2,1H3,(H,32,41)(H,33,38)(H,34,35)(H,36,42)(H,39,40)/t26-/m0/s1. The summed E-state index contributed by atoms with van der Waals surface area (Å²) >= 11 is 0. The summed E-state index contributed by atoms with van der Waals surface area (Å²) in [4.78, 5) is 58.8. The van der Waals surface area contributed by atoms with Crippen LogP contribution in [0.2, 0.25) is 0 Å². The van der Waals surface area contributed by atoms with Crippen LogP contribution in [0.25, 0.3) is 11.0 Å². The zero-order chi connectivity index (χ0) is 30.6. The summed E-state index contributed by atoms with van der Waals surface area (Å²) in [5.41, 5.74) is 3.52. The van der Waals surface area contributed by atoms with Crippen molar-refractivity contribution in [2.24, 2.45) is 0 Å². The van der Waals surface area contributed by atoms with E-state index in [1.807, 2.05) is 37.3 Å². The first-order valence-corrected chi connectivity index (χ1v) is 13.9. The lowest BCUT2D eigenvalue weighted by molar-refractivity contribution is -0.139. The highest BCUT2D eigenvalue weighted by Gasteiger charge is 2.22. The van der Waals surface area contributed by atoms with Gasteiger partial charge in [-0.3, -0.25) is 4.79 Å². The number of ether oxygens (including phenoxy) is 1. The van der Waals surface area contributed by atoms with E-state index in [2.05, 4.69) is 25.9 Å². The summed E-state index contributed by atoms with van der Waals surface area (Å²) < 4.78 is 5.07. The first-order chi connectivity index (χ1) is 20.8. The van der Waals surface area contributed by atoms with Crippen LogP contribution in [-0.2, 0) is 29.2 Å². The largest absolute Gasteiger partial charge is 0.480 e. The number of nitrogens with zero attached hydrogens (tertiary/aromatic N) is 2. The predicted octanol–water partition coefficient (Wildman–Crippen LogP) is 3.79. The maximum absolute atomic E-state index is 12.9. The second kappa shape index (κ2) is 15.0.